The molecule has 0 saturated carbocycles. The van der Waals surface area contributed by atoms with E-state index in [1.807, 2.05) is 65.8 Å². The minimum Gasteiger partial charge on any atom is -0.444 e. The van der Waals surface area contributed by atoms with Crippen LogP contribution >= 0.6 is 11.8 Å². The van der Waals surface area contributed by atoms with Gasteiger partial charge in [-0.3, -0.25) is 5.41 Å². The fraction of sp³-hybridized carbons (Fsp3) is 0.556. The van der Waals surface area contributed by atoms with Gasteiger partial charge in [-0.05, 0) is 64.5 Å². The van der Waals surface area contributed by atoms with Crippen LogP contribution in [-0.2, 0) is 11.2 Å². The number of thioether (sulfide) groups is 1. The van der Waals surface area contributed by atoms with Gasteiger partial charge < -0.3 is 15.4 Å². The van der Waals surface area contributed by atoms with Crippen molar-refractivity contribution in [3.8, 4) is 0 Å². The van der Waals surface area contributed by atoms with Crippen molar-refractivity contribution in [1.82, 2.24) is 5.32 Å². The van der Waals surface area contributed by atoms with Crippen molar-refractivity contribution in [2.24, 2.45) is 0 Å². The lowest BCUT2D eigenvalue weighted by Gasteiger charge is -2.28. The van der Waals surface area contributed by atoms with Gasteiger partial charge in [0, 0.05) is 11.2 Å². The molecular weight excluding hydrogens is 322 g/mol. The van der Waals surface area contributed by atoms with E-state index in [0.29, 0.717) is 11.6 Å². The maximum atomic E-state index is 11.9. The summed E-state index contributed by atoms with van der Waals surface area (Å²) in [6, 6.07) is 7.91. The normalized spacial score (nSPS) is 11.8. The van der Waals surface area contributed by atoms with Gasteiger partial charge in [0.1, 0.15) is 5.60 Å². The minimum atomic E-state index is -0.506. The lowest BCUT2D eigenvalue weighted by Crippen LogP contribution is -2.47. The zero-order valence-corrected chi connectivity index (χ0v) is 16.3. The number of carbonyl (C=O) groups is 1. The molecule has 3 N–H and O–H groups in total. The molecule has 1 amide bonds. The van der Waals surface area contributed by atoms with Crippen molar-refractivity contribution in [3.63, 3.8) is 0 Å². The first-order valence-electron chi connectivity index (χ1n) is 8.09. The third-order valence-electron chi connectivity index (χ3n) is 2.99. The Morgan fingerprint density at radius 1 is 1.17 bits per heavy atom. The first-order chi connectivity index (χ1) is 11.0. The number of ether oxygens (including phenoxy) is 1. The molecule has 134 valence electrons. The molecule has 6 heteroatoms. The Morgan fingerprint density at radius 3 is 2.25 bits per heavy atom. The van der Waals surface area contributed by atoms with Gasteiger partial charge in [-0.1, -0.05) is 30.8 Å². The second kappa shape index (κ2) is 8.42. The molecule has 0 aliphatic heterocycles. The molecule has 0 atom stereocenters. The first-order valence-corrected chi connectivity index (χ1v) is 9.08. The number of alkyl carbamates (subject to hydrolysis) is 1. The minimum absolute atomic E-state index is 0.407. The molecule has 1 aromatic carbocycles. The van der Waals surface area contributed by atoms with E-state index in [0.717, 1.165) is 17.0 Å². The van der Waals surface area contributed by atoms with Crippen LogP contribution in [0, 0.1) is 5.41 Å². The summed E-state index contributed by atoms with van der Waals surface area (Å²) in [6.45, 7) is 11.5. The van der Waals surface area contributed by atoms with Crippen molar-refractivity contribution < 1.29 is 9.53 Å². The summed E-state index contributed by atoms with van der Waals surface area (Å²) in [4.78, 5) is 11.9. The van der Waals surface area contributed by atoms with E-state index in [9.17, 15) is 4.79 Å². The Kier molecular flexibility index (Phi) is 7.14. The van der Waals surface area contributed by atoms with Crippen LogP contribution in [0.4, 0.5) is 10.5 Å². The maximum absolute atomic E-state index is 11.9. The third kappa shape index (κ3) is 8.24. The summed E-state index contributed by atoms with van der Waals surface area (Å²) in [5.74, 6) is 0.869. The van der Waals surface area contributed by atoms with Gasteiger partial charge in [0.25, 0.3) is 0 Å². The molecule has 0 aliphatic rings. The van der Waals surface area contributed by atoms with Crippen LogP contribution < -0.4 is 10.6 Å². The molecule has 0 aromatic heterocycles. The molecule has 0 saturated heterocycles. The Labute approximate surface area is 149 Å². The fourth-order valence-corrected chi connectivity index (χ4v) is 2.63. The summed E-state index contributed by atoms with van der Waals surface area (Å²) in [7, 11) is 0. The van der Waals surface area contributed by atoms with Crippen molar-refractivity contribution in [1.29, 1.82) is 5.41 Å². The van der Waals surface area contributed by atoms with E-state index in [1.165, 1.54) is 11.8 Å². The van der Waals surface area contributed by atoms with Gasteiger partial charge in [0.15, 0.2) is 5.17 Å². The zero-order chi connectivity index (χ0) is 18.4. The molecule has 0 spiro atoms. The van der Waals surface area contributed by atoms with Crippen LogP contribution in [0.5, 0.6) is 0 Å². The quantitative estimate of drug-likeness (QED) is 0.534. The summed E-state index contributed by atoms with van der Waals surface area (Å²) in [5, 5.41) is 14.2. The Bertz CT molecular complexity index is 563. The smallest absolute Gasteiger partial charge is 0.408 e. The zero-order valence-electron chi connectivity index (χ0n) is 15.4. The lowest BCUT2D eigenvalue weighted by atomic mass is 9.95. The van der Waals surface area contributed by atoms with Gasteiger partial charge in [-0.25, -0.2) is 4.79 Å². The van der Waals surface area contributed by atoms with Gasteiger partial charge in [-0.15, -0.1) is 0 Å². The van der Waals surface area contributed by atoms with Crippen LogP contribution in [0.1, 0.15) is 47.1 Å². The predicted molar refractivity (Wildman–Crippen MR) is 103 cm³/mol. The summed E-state index contributed by atoms with van der Waals surface area (Å²) in [6.07, 6.45) is 0.282. The highest BCUT2D eigenvalue weighted by Gasteiger charge is 2.24. The number of amidine groups is 1. The van der Waals surface area contributed by atoms with Crippen LogP contribution in [0.15, 0.2) is 24.3 Å². The van der Waals surface area contributed by atoms with Crippen LogP contribution in [-0.4, -0.2) is 28.2 Å². The van der Waals surface area contributed by atoms with Gasteiger partial charge in [0.05, 0.1) is 0 Å². The van der Waals surface area contributed by atoms with E-state index in [2.05, 4.69) is 10.6 Å². The molecule has 0 fully saturated rings. The van der Waals surface area contributed by atoms with E-state index in [4.69, 9.17) is 10.1 Å². The molecule has 5 nitrogen and oxygen atoms in total. The highest BCUT2D eigenvalue weighted by molar-refractivity contribution is 8.14. The van der Waals surface area contributed by atoms with Crippen molar-refractivity contribution in [3.05, 3.63) is 29.8 Å². The summed E-state index contributed by atoms with van der Waals surface area (Å²) >= 11 is 1.46. The van der Waals surface area contributed by atoms with E-state index in [-0.39, 0.29) is 0 Å². The monoisotopic (exact) mass is 351 g/mol. The van der Waals surface area contributed by atoms with Gasteiger partial charge in [-0.2, -0.15) is 0 Å². The first kappa shape index (κ1) is 20.4. The number of hydrogen-bond acceptors (Lipinski definition) is 4. The molecule has 0 bridgehead atoms. The predicted octanol–water partition coefficient (Wildman–Crippen LogP) is 4.63. The molecule has 0 radical (unpaired) electrons. The van der Waals surface area contributed by atoms with Gasteiger partial charge >= 0.3 is 6.09 Å². The summed E-state index contributed by atoms with van der Waals surface area (Å²) in [5.41, 5.74) is 1.08. The Morgan fingerprint density at radius 2 is 1.75 bits per heavy atom. The van der Waals surface area contributed by atoms with Crippen LogP contribution in [0.3, 0.4) is 0 Å². The molecule has 1 rings (SSSR count). The highest BCUT2D eigenvalue weighted by atomic mass is 32.2. The van der Waals surface area contributed by atoms with Crippen molar-refractivity contribution in [2.45, 2.75) is 59.1 Å². The van der Waals surface area contributed by atoms with E-state index >= 15 is 0 Å². The second-order valence-corrected chi connectivity index (χ2v) is 8.55. The number of benzene rings is 1. The molecule has 0 aliphatic carbocycles. The second-order valence-electron chi connectivity index (χ2n) is 7.27. The van der Waals surface area contributed by atoms with Crippen molar-refractivity contribution in [2.75, 3.05) is 11.1 Å². The standard InChI is InChI=1S/C18H29N3O2S/c1-7-24-15(19)20-14-10-8-13(9-11-14)12-18(5,6)21-16(22)23-17(2,3)4/h8-11H,7,12H2,1-6H3,(H2,19,20)(H,21,22). The number of nitrogens with one attached hydrogen (secondary N) is 3. The molecule has 24 heavy (non-hydrogen) atoms. The Balaban J connectivity index is 2.61. The molecule has 0 unspecified atom stereocenters. The van der Waals surface area contributed by atoms with Gasteiger partial charge in [0.2, 0.25) is 0 Å². The molecule has 0 heterocycles. The SMILES string of the molecule is CCSC(=N)Nc1ccc(CC(C)(C)NC(=O)OC(C)(C)C)cc1. The lowest BCUT2D eigenvalue weighted by molar-refractivity contribution is 0.0472. The highest BCUT2D eigenvalue weighted by Crippen LogP contribution is 2.18. The maximum Gasteiger partial charge on any atom is 0.408 e. The number of hydrogen-bond donors (Lipinski definition) is 3. The average Bonchev–Trinajstić information content (AvgIpc) is 2.37. The largest absolute Gasteiger partial charge is 0.444 e. The Hall–Kier alpha value is -1.69. The number of rotatable bonds is 5. The molecular formula is C18H29N3O2S. The average molecular weight is 352 g/mol. The van der Waals surface area contributed by atoms with Crippen molar-refractivity contribution >= 4 is 28.7 Å². The molecule has 1 aromatic rings. The third-order valence-corrected chi connectivity index (χ3v) is 3.67. The summed E-state index contributed by atoms with van der Waals surface area (Å²) < 4.78 is 5.31. The van der Waals surface area contributed by atoms with E-state index in [1.54, 1.807) is 0 Å². The van der Waals surface area contributed by atoms with Crippen LogP contribution in [0.2, 0.25) is 0 Å². The fourth-order valence-electron chi connectivity index (χ4n) is 2.15. The topological polar surface area (TPSA) is 74.2 Å². The number of anilines is 1. The van der Waals surface area contributed by atoms with Crippen LogP contribution in [0.25, 0.3) is 0 Å². The number of amides is 1. The number of carbonyl (C=O) groups excluding carboxylic acids is 1. The van der Waals surface area contributed by atoms with E-state index < -0.39 is 17.2 Å².